The van der Waals surface area contributed by atoms with Crippen LogP contribution in [0.1, 0.15) is 0 Å². The Morgan fingerprint density at radius 3 is 2.52 bits per heavy atom. The number of hydrogen-bond donors (Lipinski definition) is 2. The van der Waals surface area contributed by atoms with Gasteiger partial charge in [-0.25, -0.2) is 0 Å². The Morgan fingerprint density at radius 2 is 1.61 bits per heavy atom. The first kappa shape index (κ1) is 12.6. The van der Waals surface area contributed by atoms with Gasteiger partial charge in [0.05, 0.1) is 10.9 Å². The van der Waals surface area contributed by atoms with Crippen LogP contribution >= 0.6 is 11.3 Å². The molecule has 3 aromatic carbocycles. The zero-order valence-electron chi connectivity index (χ0n) is 11.8. The van der Waals surface area contributed by atoms with Crippen molar-refractivity contribution in [3.8, 4) is 11.9 Å². The van der Waals surface area contributed by atoms with Gasteiger partial charge in [-0.05, 0) is 22.9 Å². The van der Waals surface area contributed by atoms with Crippen molar-refractivity contribution < 1.29 is 10.2 Å². The van der Waals surface area contributed by atoms with Crippen LogP contribution in [0.2, 0.25) is 0 Å². The molecule has 0 fully saturated rings. The van der Waals surface area contributed by atoms with Crippen molar-refractivity contribution in [1.29, 1.82) is 0 Å². The molecule has 0 radical (unpaired) electrons. The summed E-state index contributed by atoms with van der Waals surface area (Å²) >= 11 is 1.69. The largest absolute Gasteiger partial charge is 0.493 e. The Bertz CT molecular complexity index is 1240. The van der Waals surface area contributed by atoms with Gasteiger partial charge >= 0.3 is 6.01 Å². The fraction of sp³-hybridized carbons (Fsp3) is 0. The first-order valence-electron chi connectivity index (χ1n) is 7.15. The summed E-state index contributed by atoms with van der Waals surface area (Å²) in [6.07, 6.45) is 0. The van der Waals surface area contributed by atoms with Gasteiger partial charge in [-0.1, -0.05) is 36.4 Å². The number of rotatable bonds is 0. The van der Waals surface area contributed by atoms with E-state index in [0.717, 1.165) is 15.5 Å². The quantitative estimate of drug-likeness (QED) is 0.439. The summed E-state index contributed by atoms with van der Waals surface area (Å²) in [6.45, 7) is 0. The van der Waals surface area contributed by atoms with Gasteiger partial charge in [0.25, 0.3) is 0 Å². The minimum absolute atomic E-state index is 0.200. The fourth-order valence-electron chi connectivity index (χ4n) is 3.15. The molecule has 0 saturated heterocycles. The summed E-state index contributed by atoms with van der Waals surface area (Å²) in [5.74, 6) is -0.200. The van der Waals surface area contributed by atoms with Gasteiger partial charge in [-0.15, -0.1) is 11.3 Å². The van der Waals surface area contributed by atoms with E-state index in [1.54, 1.807) is 17.4 Å². The van der Waals surface area contributed by atoms with Gasteiger partial charge < -0.3 is 10.2 Å². The van der Waals surface area contributed by atoms with Crippen molar-refractivity contribution >= 4 is 53.2 Å². The molecule has 110 valence electrons. The molecule has 0 spiro atoms. The summed E-state index contributed by atoms with van der Waals surface area (Å²) in [7, 11) is 0. The van der Waals surface area contributed by atoms with Crippen LogP contribution in [0.5, 0.6) is 11.9 Å². The zero-order valence-corrected chi connectivity index (χ0v) is 12.6. The maximum Gasteiger partial charge on any atom is 0.317 e. The molecule has 5 heteroatoms. The molecule has 0 aliphatic rings. The number of hydrogen-bond acceptors (Lipinski definition) is 5. The highest BCUT2D eigenvalue weighted by molar-refractivity contribution is 7.26. The van der Waals surface area contributed by atoms with Crippen LogP contribution in [0.25, 0.3) is 41.8 Å². The number of benzene rings is 3. The van der Waals surface area contributed by atoms with Crippen molar-refractivity contribution in [2.45, 2.75) is 0 Å². The molecule has 2 heterocycles. The molecule has 0 atom stereocenters. The fourth-order valence-corrected chi connectivity index (χ4v) is 4.39. The van der Waals surface area contributed by atoms with Crippen molar-refractivity contribution in [3.05, 3.63) is 48.5 Å². The van der Waals surface area contributed by atoms with E-state index >= 15 is 0 Å². The summed E-state index contributed by atoms with van der Waals surface area (Å²) in [5.41, 5.74) is 0.578. The molecule has 0 amide bonds. The Morgan fingerprint density at radius 1 is 0.783 bits per heavy atom. The van der Waals surface area contributed by atoms with Gasteiger partial charge in [0.1, 0.15) is 0 Å². The lowest BCUT2D eigenvalue weighted by Gasteiger charge is -2.03. The number of fused-ring (bicyclic) bond motifs is 7. The van der Waals surface area contributed by atoms with Crippen molar-refractivity contribution in [2.75, 3.05) is 0 Å². The zero-order chi connectivity index (χ0) is 15.6. The molecular formula is C18H10N2O2S. The van der Waals surface area contributed by atoms with E-state index in [0.29, 0.717) is 10.9 Å². The van der Waals surface area contributed by atoms with E-state index in [-0.39, 0.29) is 5.88 Å². The van der Waals surface area contributed by atoms with Crippen LogP contribution in [-0.4, -0.2) is 20.2 Å². The van der Waals surface area contributed by atoms with Crippen LogP contribution in [-0.2, 0) is 0 Å². The number of nitrogens with zero attached hydrogens (tertiary/aromatic N) is 2. The van der Waals surface area contributed by atoms with Crippen molar-refractivity contribution in [3.63, 3.8) is 0 Å². The molecule has 0 bridgehead atoms. The second-order valence-corrected chi connectivity index (χ2v) is 6.50. The smallest absolute Gasteiger partial charge is 0.317 e. The lowest BCUT2D eigenvalue weighted by molar-refractivity contribution is 0.403. The SMILES string of the molecule is Oc1nc(O)c2ccc3sc4c5ccccc5ccc4c3c2n1. The summed E-state index contributed by atoms with van der Waals surface area (Å²) in [4.78, 5) is 7.78. The monoisotopic (exact) mass is 318 g/mol. The third-order valence-electron chi connectivity index (χ3n) is 4.16. The first-order chi connectivity index (χ1) is 11.2. The lowest BCUT2D eigenvalue weighted by Crippen LogP contribution is -1.86. The van der Waals surface area contributed by atoms with Crippen molar-refractivity contribution in [1.82, 2.24) is 9.97 Å². The molecule has 2 aromatic heterocycles. The van der Waals surface area contributed by atoms with Gasteiger partial charge in [0.15, 0.2) is 0 Å². The Balaban J connectivity index is 2.09. The summed E-state index contributed by atoms with van der Waals surface area (Å²) < 4.78 is 2.25. The van der Waals surface area contributed by atoms with Crippen LogP contribution in [0.3, 0.4) is 0 Å². The normalized spacial score (nSPS) is 11.8. The van der Waals surface area contributed by atoms with E-state index in [1.807, 2.05) is 18.2 Å². The molecule has 2 N–H and O–H groups in total. The number of thiophene rings is 1. The molecule has 23 heavy (non-hydrogen) atoms. The average molecular weight is 318 g/mol. The highest BCUT2D eigenvalue weighted by Gasteiger charge is 2.15. The van der Waals surface area contributed by atoms with Crippen molar-refractivity contribution in [2.24, 2.45) is 0 Å². The summed E-state index contributed by atoms with van der Waals surface area (Å²) in [5, 5.41) is 24.6. The predicted octanol–water partition coefficient (Wildman–Crippen LogP) is 4.56. The predicted molar refractivity (Wildman–Crippen MR) is 93.3 cm³/mol. The standard InChI is InChI=1S/C18H10N2O2S/c21-17-12-7-8-13-14(15(12)19-18(22)20-17)11-6-5-9-3-1-2-4-10(9)16(11)23-13/h1-8H,(H2,19,20,21,22). The van der Waals surface area contributed by atoms with E-state index in [2.05, 4.69) is 34.2 Å². The molecule has 0 saturated carbocycles. The Hall–Kier alpha value is -2.92. The Labute approximate surface area is 134 Å². The van der Waals surface area contributed by atoms with Gasteiger partial charge in [0.2, 0.25) is 5.88 Å². The second-order valence-electron chi connectivity index (χ2n) is 5.45. The van der Waals surface area contributed by atoms with E-state index in [1.165, 1.54) is 15.5 Å². The topological polar surface area (TPSA) is 66.2 Å². The number of aromatic nitrogens is 2. The van der Waals surface area contributed by atoms with Gasteiger partial charge in [-0.2, -0.15) is 9.97 Å². The molecule has 5 rings (SSSR count). The summed E-state index contributed by atoms with van der Waals surface area (Å²) in [6, 6.07) is 15.8. The van der Waals surface area contributed by atoms with E-state index < -0.39 is 6.01 Å². The van der Waals surface area contributed by atoms with Crippen LogP contribution in [0.15, 0.2) is 48.5 Å². The highest BCUT2D eigenvalue weighted by atomic mass is 32.1. The third-order valence-corrected chi connectivity index (χ3v) is 5.36. The van der Waals surface area contributed by atoms with E-state index in [9.17, 15) is 10.2 Å². The molecule has 0 unspecified atom stereocenters. The molecule has 5 aromatic rings. The first-order valence-corrected chi connectivity index (χ1v) is 7.97. The molecular weight excluding hydrogens is 308 g/mol. The van der Waals surface area contributed by atoms with Crippen LogP contribution < -0.4 is 0 Å². The maximum atomic E-state index is 9.99. The lowest BCUT2D eigenvalue weighted by atomic mass is 10.0. The second kappa shape index (κ2) is 4.30. The minimum atomic E-state index is -0.414. The minimum Gasteiger partial charge on any atom is -0.493 e. The van der Waals surface area contributed by atoms with Gasteiger partial charge in [-0.3, -0.25) is 0 Å². The molecule has 4 nitrogen and oxygen atoms in total. The average Bonchev–Trinajstić information content (AvgIpc) is 2.94. The third kappa shape index (κ3) is 1.65. The van der Waals surface area contributed by atoms with Crippen LogP contribution in [0.4, 0.5) is 0 Å². The van der Waals surface area contributed by atoms with Crippen LogP contribution in [0, 0.1) is 0 Å². The highest BCUT2D eigenvalue weighted by Crippen LogP contribution is 2.42. The molecule has 0 aliphatic heterocycles. The Kier molecular flexibility index (Phi) is 2.36. The van der Waals surface area contributed by atoms with E-state index in [4.69, 9.17) is 0 Å². The maximum absolute atomic E-state index is 9.99. The van der Waals surface area contributed by atoms with Gasteiger partial charge in [0, 0.05) is 20.2 Å². The molecule has 0 aliphatic carbocycles. The number of aromatic hydroxyl groups is 2.